The summed E-state index contributed by atoms with van der Waals surface area (Å²) in [5.41, 5.74) is 5.66. The van der Waals surface area contributed by atoms with Crippen LogP contribution >= 0.6 is 23.2 Å². The second kappa shape index (κ2) is 5.47. The highest BCUT2D eigenvalue weighted by Gasteiger charge is 2.20. The van der Waals surface area contributed by atoms with Crippen LogP contribution in [-0.2, 0) is 16.4 Å². The fraction of sp³-hybridized carbons (Fsp3) is 0.200. The van der Waals surface area contributed by atoms with Gasteiger partial charge in [-0.05, 0) is 17.3 Å². The Morgan fingerprint density at radius 1 is 1.35 bits per heavy atom. The van der Waals surface area contributed by atoms with Crippen molar-refractivity contribution >= 4 is 44.9 Å². The maximum atomic E-state index is 12.1. The van der Waals surface area contributed by atoms with E-state index in [2.05, 4.69) is 14.9 Å². The molecule has 0 aliphatic heterocycles. The van der Waals surface area contributed by atoms with E-state index < -0.39 is 10.0 Å². The van der Waals surface area contributed by atoms with Crippen LogP contribution < -0.4 is 10.5 Å². The van der Waals surface area contributed by atoms with Crippen LogP contribution in [0.15, 0.2) is 21.6 Å². The topological polar surface area (TPSA) is 111 Å². The number of sulfonamides is 1. The lowest BCUT2D eigenvalue weighted by atomic mass is 10.3. The van der Waals surface area contributed by atoms with Crippen LogP contribution in [0.1, 0.15) is 12.8 Å². The van der Waals surface area contributed by atoms with Gasteiger partial charge in [-0.15, -0.1) is 0 Å². The zero-order valence-corrected chi connectivity index (χ0v) is 12.6. The van der Waals surface area contributed by atoms with E-state index in [-0.39, 0.29) is 26.6 Å². The molecule has 0 saturated heterocycles. The van der Waals surface area contributed by atoms with Gasteiger partial charge in [-0.1, -0.05) is 30.1 Å². The third kappa shape index (κ3) is 2.97. The molecule has 0 unspecified atom stereocenters. The van der Waals surface area contributed by atoms with Crippen LogP contribution in [0.5, 0.6) is 0 Å². The molecule has 108 valence electrons. The van der Waals surface area contributed by atoms with Crippen molar-refractivity contribution in [3.63, 3.8) is 0 Å². The Morgan fingerprint density at radius 2 is 1.95 bits per heavy atom. The number of hydrogen-bond acceptors (Lipinski definition) is 6. The van der Waals surface area contributed by atoms with E-state index in [0.29, 0.717) is 12.3 Å². The maximum Gasteiger partial charge on any atom is 0.277 e. The highest BCUT2D eigenvalue weighted by atomic mass is 35.5. The van der Waals surface area contributed by atoms with Crippen LogP contribution in [0.3, 0.4) is 0 Å². The minimum atomic E-state index is -3.93. The fourth-order valence-corrected chi connectivity index (χ4v) is 2.94. The van der Waals surface area contributed by atoms with Crippen molar-refractivity contribution in [2.24, 2.45) is 0 Å². The van der Waals surface area contributed by atoms with Gasteiger partial charge in [0.2, 0.25) is 5.89 Å². The average Bonchev–Trinajstić information content (AvgIpc) is 2.82. The zero-order chi connectivity index (χ0) is 14.9. The third-order valence-electron chi connectivity index (χ3n) is 2.36. The van der Waals surface area contributed by atoms with Crippen molar-refractivity contribution in [3.8, 4) is 0 Å². The van der Waals surface area contributed by atoms with Gasteiger partial charge in [0, 0.05) is 6.42 Å². The molecule has 3 N–H and O–H groups in total. The summed E-state index contributed by atoms with van der Waals surface area (Å²) in [5.74, 6) is 0.155. The van der Waals surface area contributed by atoms with Gasteiger partial charge in [0.1, 0.15) is 0 Å². The van der Waals surface area contributed by atoms with Gasteiger partial charge in [0.15, 0.2) is 0 Å². The highest BCUT2D eigenvalue weighted by Crippen LogP contribution is 2.31. The SMILES string of the molecule is CCc1nc(NS(=O)(=O)c2cc(Cl)c(N)c(Cl)c2)no1. The number of benzene rings is 1. The molecule has 0 amide bonds. The lowest BCUT2D eigenvalue weighted by Crippen LogP contribution is -2.14. The average molecular weight is 337 g/mol. The first-order valence-corrected chi connectivity index (χ1v) is 7.67. The van der Waals surface area contributed by atoms with Crippen LogP contribution in [0.2, 0.25) is 10.0 Å². The number of nitrogens with zero attached hydrogens (tertiary/aromatic N) is 2. The van der Waals surface area contributed by atoms with Gasteiger partial charge < -0.3 is 10.3 Å². The van der Waals surface area contributed by atoms with E-state index in [4.69, 9.17) is 33.5 Å². The minimum Gasteiger partial charge on any atom is -0.396 e. The van der Waals surface area contributed by atoms with E-state index in [9.17, 15) is 8.42 Å². The second-order valence-electron chi connectivity index (χ2n) is 3.77. The Hall–Kier alpha value is -1.51. The molecule has 2 aromatic rings. The number of halogens is 2. The van der Waals surface area contributed by atoms with E-state index in [1.165, 1.54) is 12.1 Å². The lowest BCUT2D eigenvalue weighted by molar-refractivity contribution is 0.383. The van der Waals surface area contributed by atoms with Gasteiger partial charge in [-0.2, -0.15) is 4.98 Å². The molecule has 0 fully saturated rings. The number of anilines is 2. The molecule has 0 aliphatic carbocycles. The monoisotopic (exact) mass is 336 g/mol. The molecule has 0 bridgehead atoms. The number of rotatable bonds is 4. The molecule has 0 spiro atoms. The normalized spacial score (nSPS) is 11.6. The van der Waals surface area contributed by atoms with Crippen LogP contribution in [0.25, 0.3) is 0 Å². The Labute approximate surface area is 125 Å². The molecular formula is C10H10Cl2N4O3S. The summed E-state index contributed by atoms with van der Waals surface area (Å²) in [4.78, 5) is 3.69. The lowest BCUT2D eigenvalue weighted by Gasteiger charge is -2.07. The van der Waals surface area contributed by atoms with Crippen molar-refractivity contribution in [2.75, 3.05) is 10.5 Å². The number of hydrogen-bond donors (Lipinski definition) is 2. The van der Waals surface area contributed by atoms with E-state index in [0.717, 1.165) is 0 Å². The third-order valence-corrected chi connectivity index (χ3v) is 4.29. The molecule has 2 rings (SSSR count). The largest absolute Gasteiger partial charge is 0.396 e. The van der Waals surface area contributed by atoms with Gasteiger partial charge >= 0.3 is 0 Å². The van der Waals surface area contributed by atoms with Gasteiger partial charge in [-0.3, -0.25) is 0 Å². The molecule has 0 atom stereocenters. The number of nitrogens with two attached hydrogens (primary N) is 1. The van der Waals surface area contributed by atoms with Crippen molar-refractivity contribution in [1.82, 2.24) is 10.1 Å². The number of aromatic nitrogens is 2. The second-order valence-corrected chi connectivity index (χ2v) is 6.27. The maximum absolute atomic E-state index is 12.1. The highest BCUT2D eigenvalue weighted by molar-refractivity contribution is 7.92. The quantitative estimate of drug-likeness (QED) is 0.828. The zero-order valence-electron chi connectivity index (χ0n) is 10.2. The van der Waals surface area contributed by atoms with E-state index >= 15 is 0 Å². The molecule has 1 aromatic carbocycles. The molecule has 1 heterocycles. The predicted molar refractivity (Wildman–Crippen MR) is 75.4 cm³/mol. The predicted octanol–water partition coefficient (Wildman–Crippen LogP) is 2.32. The van der Waals surface area contributed by atoms with Crippen LogP contribution in [0, 0.1) is 0 Å². The summed E-state index contributed by atoms with van der Waals surface area (Å²) in [6.45, 7) is 1.80. The summed E-state index contributed by atoms with van der Waals surface area (Å²) in [7, 11) is -3.93. The van der Waals surface area contributed by atoms with Crippen LogP contribution in [0.4, 0.5) is 11.6 Å². The molecule has 20 heavy (non-hydrogen) atoms. The summed E-state index contributed by atoms with van der Waals surface area (Å²) in [6.07, 6.45) is 0.494. The Morgan fingerprint density at radius 3 is 2.45 bits per heavy atom. The number of nitrogens with one attached hydrogen (secondary N) is 1. The van der Waals surface area contributed by atoms with Gasteiger partial charge in [-0.25, -0.2) is 13.1 Å². The molecule has 7 nitrogen and oxygen atoms in total. The summed E-state index contributed by atoms with van der Waals surface area (Å²) >= 11 is 11.6. The molecule has 0 radical (unpaired) electrons. The van der Waals surface area contributed by atoms with Gasteiger partial charge in [0.25, 0.3) is 16.0 Å². The summed E-state index contributed by atoms with van der Waals surface area (Å²) in [5, 5.41) is 3.58. The number of nitrogen functional groups attached to an aromatic ring is 1. The summed E-state index contributed by atoms with van der Waals surface area (Å²) in [6, 6.07) is 2.37. The molecular weight excluding hydrogens is 327 g/mol. The van der Waals surface area contributed by atoms with Crippen molar-refractivity contribution in [2.45, 2.75) is 18.2 Å². The molecule has 1 aromatic heterocycles. The van der Waals surface area contributed by atoms with E-state index in [1.54, 1.807) is 6.92 Å². The summed E-state index contributed by atoms with van der Waals surface area (Å²) < 4.78 is 31.2. The van der Waals surface area contributed by atoms with Gasteiger partial charge in [0.05, 0.1) is 20.6 Å². The Bertz CT molecular complexity index is 722. The molecule has 0 saturated carbocycles. The van der Waals surface area contributed by atoms with E-state index in [1.807, 2.05) is 0 Å². The smallest absolute Gasteiger partial charge is 0.277 e. The Balaban J connectivity index is 2.35. The Kier molecular flexibility index (Phi) is 4.07. The fourth-order valence-electron chi connectivity index (χ4n) is 1.34. The molecule has 10 heteroatoms. The molecule has 0 aliphatic rings. The first-order chi connectivity index (χ1) is 9.33. The first-order valence-electron chi connectivity index (χ1n) is 5.43. The first kappa shape index (κ1) is 14.9. The number of aryl methyl sites for hydroxylation is 1. The van der Waals surface area contributed by atoms with Crippen LogP contribution in [-0.4, -0.2) is 18.6 Å². The van der Waals surface area contributed by atoms with Crippen molar-refractivity contribution in [3.05, 3.63) is 28.1 Å². The minimum absolute atomic E-state index is 0.0419. The van der Waals surface area contributed by atoms with Crippen molar-refractivity contribution in [1.29, 1.82) is 0 Å². The van der Waals surface area contributed by atoms with Crippen molar-refractivity contribution < 1.29 is 12.9 Å². The standard InChI is InChI=1S/C10H10Cl2N4O3S/c1-2-8-14-10(15-19-8)16-20(17,18)5-3-6(11)9(13)7(12)4-5/h3-4H,2,13H2,1H3,(H,15,16).